The number of hydrogen-bond acceptors (Lipinski definition) is 6. The van der Waals surface area contributed by atoms with Gasteiger partial charge in [-0.1, -0.05) is 70.5 Å². The summed E-state index contributed by atoms with van der Waals surface area (Å²) in [6.07, 6.45) is 0. The monoisotopic (exact) mass is 820 g/mol. The van der Waals surface area contributed by atoms with Crippen molar-refractivity contribution in [3.05, 3.63) is 89.4 Å². The Kier molecular flexibility index (Phi) is 10.3. The Labute approximate surface area is 342 Å². The molecule has 0 atom stereocenters. The summed E-state index contributed by atoms with van der Waals surface area (Å²) in [5.41, 5.74) is 3.99. The van der Waals surface area contributed by atoms with E-state index in [-0.39, 0.29) is 40.7 Å². The first-order chi connectivity index (χ1) is 26.0. The van der Waals surface area contributed by atoms with Crippen LogP contribution in [0.1, 0.15) is 83.1 Å². The summed E-state index contributed by atoms with van der Waals surface area (Å²) < 4.78 is 42.1. The number of aryl methyl sites for hydroxylation is 2. The number of fused-ring (bicyclic) bond motifs is 6. The molecule has 2 aromatic heterocycles. The van der Waals surface area contributed by atoms with Gasteiger partial charge in [-0.15, -0.1) is 0 Å². The topological polar surface area (TPSA) is 65.2 Å². The Morgan fingerprint density at radius 3 is 1.20 bits per heavy atom. The predicted octanol–water partition coefficient (Wildman–Crippen LogP) is 9.97. The van der Waals surface area contributed by atoms with Gasteiger partial charge in [-0.05, 0) is 119 Å². The van der Waals surface area contributed by atoms with Gasteiger partial charge in [0, 0.05) is 62.2 Å². The van der Waals surface area contributed by atoms with Crippen LogP contribution in [-0.2, 0) is 42.0 Å². The fourth-order valence-corrected chi connectivity index (χ4v) is 8.14. The minimum atomic E-state index is -0.476. The van der Waals surface area contributed by atoms with Gasteiger partial charge in [0.25, 0.3) is 0 Å². The summed E-state index contributed by atoms with van der Waals surface area (Å²) in [4.78, 5) is 0. The summed E-state index contributed by atoms with van der Waals surface area (Å²) >= 11 is 3.62. The van der Waals surface area contributed by atoms with Gasteiger partial charge in [-0.3, -0.25) is 0 Å². The van der Waals surface area contributed by atoms with E-state index in [1.165, 1.54) is 43.6 Å². The molecule has 294 valence electrons. The van der Waals surface area contributed by atoms with Crippen LogP contribution in [0.4, 0.5) is 0 Å². The van der Waals surface area contributed by atoms with Crippen LogP contribution in [0.3, 0.4) is 0 Å². The molecule has 9 rings (SSSR count). The minimum absolute atomic E-state index is 0.329. The van der Waals surface area contributed by atoms with Crippen LogP contribution in [0.2, 0.25) is 0 Å². The Morgan fingerprint density at radius 1 is 0.411 bits per heavy atom. The highest BCUT2D eigenvalue weighted by molar-refractivity contribution is 9.10. The molecule has 6 aromatic rings. The first-order valence-corrected chi connectivity index (χ1v) is 20.4. The highest BCUT2D eigenvalue weighted by atomic mass is 79.9. The molecule has 0 saturated carbocycles. The number of rotatable bonds is 2. The average molecular weight is 821 g/mol. The average Bonchev–Trinajstić information content (AvgIpc) is 3.80. The standard InChI is InChI=1S/C19H22BNO2.C13H10BrN.C12H24B2O4/c1-18(2)19(3,4)23-20(22-18)14-10-8-12-16-17(14)13-9-6-7-11-15(13)21(16)5;1-15-11-7-3-2-5-9(11)13-10(14)6-4-8-12(13)15;1-9(2)10(3,4)16-13(15-9)14-17-11(5,6)12(7,8)18-14/h6-12H,1-5H3;2-8H,1H3;1-8H3. The Balaban J connectivity index is 0.000000132. The van der Waals surface area contributed by atoms with Gasteiger partial charge in [-0.2, -0.15) is 0 Å². The van der Waals surface area contributed by atoms with Crippen LogP contribution in [0.5, 0.6) is 0 Å². The predicted molar refractivity (Wildman–Crippen MR) is 236 cm³/mol. The molecule has 0 bridgehead atoms. The Hall–Kier alpha value is -3.09. The fraction of sp³-hybridized carbons (Fsp3) is 0.455. The number of benzene rings is 4. The van der Waals surface area contributed by atoms with Gasteiger partial charge in [0.15, 0.2) is 0 Å². The van der Waals surface area contributed by atoms with E-state index in [2.05, 4.69) is 152 Å². The van der Waals surface area contributed by atoms with Crippen LogP contribution in [-0.4, -0.2) is 63.9 Å². The van der Waals surface area contributed by atoms with Crippen LogP contribution >= 0.6 is 15.9 Å². The summed E-state index contributed by atoms with van der Waals surface area (Å²) in [7, 11) is 2.93. The number of para-hydroxylation sites is 2. The van der Waals surface area contributed by atoms with E-state index in [1.54, 1.807) is 0 Å². The molecule has 0 amide bonds. The first kappa shape index (κ1) is 41.1. The van der Waals surface area contributed by atoms with E-state index in [0.29, 0.717) is 0 Å². The first-order valence-electron chi connectivity index (χ1n) is 19.6. The molecule has 0 radical (unpaired) electrons. The highest BCUT2D eigenvalue weighted by Gasteiger charge is 2.63. The number of hydrogen-bond donors (Lipinski definition) is 0. The van der Waals surface area contributed by atoms with Gasteiger partial charge in [0.2, 0.25) is 0 Å². The minimum Gasteiger partial charge on any atom is -0.405 e. The zero-order valence-corrected chi connectivity index (χ0v) is 37.1. The van der Waals surface area contributed by atoms with Crippen LogP contribution in [0, 0.1) is 0 Å². The van der Waals surface area contributed by atoms with Gasteiger partial charge in [0.05, 0.1) is 33.6 Å². The van der Waals surface area contributed by atoms with E-state index in [0.717, 1.165) is 9.94 Å². The maximum absolute atomic E-state index is 6.28. The second-order valence-corrected chi connectivity index (χ2v) is 19.2. The molecule has 12 heteroatoms. The lowest BCUT2D eigenvalue weighted by molar-refractivity contribution is 0.00578. The van der Waals surface area contributed by atoms with Crippen molar-refractivity contribution >= 4 is 86.1 Å². The number of nitrogens with zero attached hydrogens (tertiary/aromatic N) is 2. The third-order valence-corrected chi connectivity index (χ3v) is 13.8. The maximum atomic E-state index is 6.28. The lowest BCUT2D eigenvalue weighted by Crippen LogP contribution is -2.41. The van der Waals surface area contributed by atoms with Gasteiger partial charge >= 0.3 is 21.1 Å². The normalized spacial score (nSPS) is 21.4. The summed E-state index contributed by atoms with van der Waals surface area (Å²) in [5.74, 6) is 0. The molecule has 3 fully saturated rings. The quantitative estimate of drug-likeness (QED) is 0.162. The third-order valence-electron chi connectivity index (χ3n) is 13.1. The number of halogens is 1. The summed E-state index contributed by atoms with van der Waals surface area (Å²) in [5, 5.41) is 5.08. The molecule has 3 saturated heterocycles. The van der Waals surface area contributed by atoms with E-state index >= 15 is 0 Å². The van der Waals surface area contributed by atoms with E-state index in [1.807, 2.05) is 55.4 Å². The molecule has 3 aliphatic rings. The molecule has 3 aliphatic heterocycles. The van der Waals surface area contributed by atoms with E-state index in [4.69, 9.17) is 27.9 Å². The Bertz CT molecular complexity index is 2350. The van der Waals surface area contributed by atoms with Crippen LogP contribution in [0.25, 0.3) is 43.6 Å². The fourth-order valence-electron chi connectivity index (χ4n) is 7.57. The van der Waals surface area contributed by atoms with Crippen molar-refractivity contribution in [1.82, 2.24) is 9.13 Å². The number of aromatic nitrogens is 2. The van der Waals surface area contributed by atoms with Crippen LogP contribution in [0.15, 0.2) is 89.4 Å². The Morgan fingerprint density at radius 2 is 0.750 bits per heavy atom. The molecule has 8 nitrogen and oxygen atoms in total. The third kappa shape index (κ3) is 6.87. The molecule has 0 spiro atoms. The molecule has 0 aliphatic carbocycles. The second-order valence-electron chi connectivity index (χ2n) is 18.4. The zero-order valence-electron chi connectivity index (χ0n) is 35.5. The van der Waals surface area contributed by atoms with Crippen molar-refractivity contribution in [3.63, 3.8) is 0 Å². The maximum Gasteiger partial charge on any atom is 0.495 e. The van der Waals surface area contributed by atoms with Crippen molar-refractivity contribution in [2.45, 2.75) is 117 Å². The van der Waals surface area contributed by atoms with Gasteiger partial charge in [-0.25, -0.2) is 0 Å². The van der Waals surface area contributed by atoms with Crippen molar-refractivity contribution in [1.29, 1.82) is 0 Å². The summed E-state index contributed by atoms with van der Waals surface area (Å²) in [6, 6.07) is 29.7. The molecule has 56 heavy (non-hydrogen) atoms. The molecule has 5 heterocycles. The smallest absolute Gasteiger partial charge is 0.405 e. The van der Waals surface area contributed by atoms with Crippen molar-refractivity contribution in [2.75, 3.05) is 0 Å². The summed E-state index contributed by atoms with van der Waals surface area (Å²) in [6.45, 7) is 24.6. The van der Waals surface area contributed by atoms with Crippen molar-refractivity contribution in [2.24, 2.45) is 14.1 Å². The second kappa shape index (κ2) is 14.0. The van der Waals surface area contributed by atoms with Crippen molar-refractivity contribution in [3.8, 4) is 0 Å². The van der Waals surface area contributed by atoms with E-state index in [9.17, 15) is 0 Å². The van der Waals surface area contributed by atoms with E-state index < -0.39 is 14.0 Å². The highest BCUT2D eigenvalue weighted by Crippen LogP contribution is 2.43. The zero-order chi connectivity index (χ0) is 40.8. The lowest BCUT2D eigenvalue weighted by atomic mass is 9.49. The van der Waals surface area contributed by atoms with Crippen molar-refractivity contribution < 1.29 is 27.9 Å². The molecule has 0 N–H and O–H groups in total. The lowest BCUT2D eigenvalue weighted by Gasteiger charge is -2.32. The largest absolute Gasteiger partial charge is 0.495 e. The van der Waals surface area contributed by atoms with Gasteiger partial charge < -0.3 is 37.1 Å². The molecular formula is C44H56B3BrN2O6. The molecule has 4 aromatic carbocycles. The SMILES string of the molecule is CC1(C)OB(B2OC(C)(C)C(C)(C)O2)OC1(C)C.Cn1c2ccccc2c2c(B3OC(C)(C)C(C)(C)O3)cccc21.Cn1c2ccccc2c2c(Br)cccc21. The van der Waals surface area contributed by atoms with Crippen LogP contribution < -0.4 is 5.46 Å². The van der Waals surface area contributed by atoms with Gasteiger partial charge in [0.1, 0.15) is 0 Å². The molecule has 0 unspecified atom stereocenters. The molecular weight excluding hydrogens is 765 g/mol.